The Morgan fingerprint density at radius 1 is 1.41 bits per heavy atom. The Morgan fingerprint density at radius 2 is 2.21 bits per heavy atom. The maximum atomic E-state index is 12.9. The molecule has 3 atom stereocenters. The molecule has 34 heavy (non-hydrogen) atoms. The first-order valence-corrected chi connectivity index (χ1v) is 12.8. The van der Waals surface area contributed by atoms with Crippen LogP contribution in [0, 0.1) is 6.92 Å². The van der Waals surface area contributed by atoms with Gasteiger partial charge in [0.25, 0.3) is 0 Å². The number of benzene rings is 1. The van der Waals surface area contributed by atoms with Gasteiger partial charge >= 0.3 is 0 Å². The molecule has 0 spiro atoms. The molecular weight excluding hydrogens is 452 g/mol. The first-order chi connectivity index (χ1) is 16.4. The number of carbonyl (C=O) groups is 2. The fourth-order valence-corrected chi connectivity index (χ4v) is 5.17. The molecule has 3 rings (SSSR count). The highest BCUT2D eigenvalue weighted by Crippen LogP contribution is 2.34. The van der Waals surface area contributed by atoms with E-state index in [0.29, 0.717) is 13.0 Å². The van der Waals surface area contributed by atoms with Crippen LogP contribution in [0.4, 0.5) is 0 Å². The van der Waals surface area contributed by atoms with Gasteiger partial charge in [-0.3, -0.25) is 9.59 Å². The number of carbonyl (C=O) groups excluding carboxylic acids is 2. The predicted octanol–water partition coefficient (Wildman–Crippen LogP) is 3.00. The van der Waals surface area contributed by atoms with Crippen LogP contribution in [0.5, 0.6) is 5.75 Å². The van der Waals surface area contributed by atoms with Crippen LogP contribution >= 0.6 is 11.3 Å². The molecule has 1 saturated heterocycles. The van der Waals surface area contributed by atoms with Crippen molar-refractivity contribution < 1.29 is 19.4 Å². The molecular formula is C25H36N4O4S. The highest BCUT2D eigenvalue weighted by atomic mass is 32.1. The second kappa shape index (κ2) is 12.3. The first kappa shape index (κ1) is 26.1. The van der Waals surface area contributed by atoms with Crippen molar-refractivity contribution >= 4 is 23.7 Å². The number of ether oxygens (including phenoxy) is 1. The molecule has 2 amide bonds. The minimum absolute atomic E-state index is 0.179. The molecule has 2 heterocycles. The third kappa shape index (κ3) is 6.34. The number of rotatable bonds is 12. The summed E-state index contributed by atoms with van der Waals surface area (Å²) in [5.41, 5.74) is 4.71. The molecule has 2 N–H and O–H groups in total. The Morgan fingerprint density at radius 3 is 2.85 bits per heavy atom. The molecule has 1 fully saturated rings. The third-order valence-corrected chi connectivity index (χ3v) is 7.23. The number of aliphatic hydroxyl groups excluding tert-OH is 1. The maximum absolute atomic E-state index is 12.9. The van der Waals surface area contributed by atoms with E-state index in [1.54, 1.807) is 11.3 Å². The van der Waals surface area contributed by atoms with Gasteiger partial charge < -0.3 is 25.0 Å². The van der Waals surface area contributed by atoms with Gasteiger partial charge in [0.2, 0.25) is 12.3 Å². The van der Waals surface area contributed by atoms with Crippen molar-refractivity contribution in [3.05, 3.63) is 35.0 Å². The number of β-amino-alcohol motifs (C(OH)–C–C–N with tert-alkyl or cyclic N) is 1. The Hall–Kier alpha value is -2.49. The second-order valence-corrected chi connectivity index (χ2v) is 9.59. The lowest BCUT2D eigenvalue weighted by Gasteiger charge is -2.24. The zero-order valence-electron chi connectivity index (χ0n) is 20.5. The van der Waals surface area contributed by atoms with Crippen molar-refractivity contribution in [3.63, 3.8) is 0 Å². The van der Waals surface area contributed by atoms with Crippen molar-refractivity contribution in [1.82, 2.24) is 20.1 Å². The van der Waals surface area contributed by atoms with Crippen LogP contribution < -0.4 is 10.1 Å². The zero-order chi connectivity index (χ0) is 24.7. The van der Waals surface area contributed by atoms with E-state index < -0.39 is 12.1 Å². The average Bonchev–Trinajstić information content (AvgIpc) is 3.43. The summed E-state index contributed by atoms with van der Waals surface area (Å²) in [5.74, 6) is 0.453. The largest absolute Gasteiger partial charge is 0.492 e. The van der Waals surface area contributed by atoms with E-state index in [-0.39, 0.29) is 24.9 Å². The number of nitrogens with zero attached hydrogens (tertiary/aromatic N) is 3. The smallest absolute Gasteiger partial charge is 0.243 e. The predicted molar refractivity (Wildman–Crippen MR) is 134 cm³/mol. The highest BCUT2D eigenvalue weighted by molar-refractivity contribution is 7.13. The lowest BCUT2D eigenvalue weighted by Crippen LogP contribution is -2.43. The highest BCUT2D eigenvalue weighted by Gasteiger charge is 2.35. The summed E-state index contributed by atoms with van der Waals surface area (Å²) in [5, 5.41) is 12.9. The van der Waals surface area contributed by atoms with Crippen LogP contribution in [-0.4, -0.2) is 77.1 Å². The first-order valence-electron chi connectivity index (χ1n) is 12.0. The van der Waals surface area contributed by atoms with E-state index in [4.69, 9.17) is 4.74 Å². The van der Waals surface area contributed by atoms with Crippen molar-refractivity contribution in [2.24, 2.45) is 0 Å². The number of thiazole rings is 1. The Labute approximate surface area is 205 Å². The fraction of sp³-hybridized carbons (Fsp3) is 0.560. The fourth-order valence-electron chi connectivity index (χ4n) is 4.37. The molecule has 1 aliphatic heterocycles. The van der Waals surface area contributed by atoms with Crippen LogP contribution in [-0.2, 0) is 9.59 Å². The molecule has 8 nitrogen and oxygen atoms in total. The molecule has 0 aliphatic carbocycles. The van der Waals surface area contributed by atoms with E-state index in [1.165, 1.54) is 4.90 Å². The number of hydrogen-bond acceptors (Lipinski definition) is 7. The Balaban J connectivity index is 1.79. The molecule has 1 aromatic carbocycles. The van der Waals surface area contributed by atoms with Crippen molar-refractivity contribution in [1.29, 1.82) is 0 Å². The monoisotopic (exact) mass is 488 g/mol. The minimum Gasteiger partial charge on any atom is -0.492 e. The number of likely N-dealkylation sites (tertiary alicyclic amines) is 1. The van der Waals surface area contributed by atoms with Crippen molar-refractivity contribution in [3.8, 4) is 16.2 Å². The van der Waals surface area contributed by atoms with E-state index in [0.717, 1.165) is 53.5 Å². The zero-order valence-corrected chi connectivity index (χ0v) is 21.3. The SMILES string of the molecule is CCCN(CC)CCOc1cc(-c2scnc2C)ccc1C(C)NC(=O)C1CC(O)CN1C=O. The lowest BCUT2D eigenvalue weighted by molar-refractivity contribution is -0.131. The van der Waals surface area contributed by atoms with E-state index >= 15 is 0 Å². The second-order valence-electron chi connectivity index (χ2n) is 8.74. The summed E-state index contributed by atoms with van der Waals surface area (Å²) in [6.45, 7) is 11.8. The lowest BCUT2D eigenvalue weighted by atomic mass is 10.0. The van der Waals surface area contributed by atoms with Crippen molar-refractivity contribution in [2.45, 2.75) is 58.7 Å². The van der Waals surface area contributed by atoms with E-state index in [1.807, 2.05) is 37.6 Å². The van der Waals surface area contributed by atoms with Crippen LogP contribution in [0.25, 0.3) is 10.4 Å². The van der Waals surface area contributed by atoms with Gasteiger partial charge in [0.05, 0.1) is 28.2 Å². The standard InChI is InChI=1S/C25H36N4O4S/c1-5-9-28(6-2)10-11-33-23-12-19(24-18(4)26-15-34-24)7-8-21(23)17(3)27-25(32)22-13-20(31)14-29(22)16-30/h7-8,12,15-17,20,22,31H,5-6,9-11,13-14H2,1-4H3,(H,27,32). The summed E-state index contributed by atoms with van der Waals surface area (Å²) in [6.07, 6.45) is 1.29. The van der Waals surface area contributed by atoms with Gasteiger partial charge in [-0.05, 0) is 45.0 Å². The summed E-state index contributed by atoms with van der Waals surface area (Å²) in [6, 6.07) is 5.04. The quantitative estimate of drug-likeness (QED) is 0.446. The summed E-state index contributed by atoms with van der Waals surface area (Å²) in [4.78, 5) is 33.4. The molecule has 186 valence electrons. The number of amides is 2. The minimum atomic E-state index is -0.679. The molecule has 3 unspecified atom stereocenters. The Kier molecular flexibility index (Phi) is 9.44. The number of likely N-dealkylation sites (N-methyl/N-ethyl adjacent to an activating group) is 1. The number of aryl methyl sites for hydroxylation is 1. The molecule has 9 heteroatoms. The van der Waals surface area contributed by atoms with Gasteiger partial charge in [0.1, 0.15) is 18.4 Å². The molecule has 0 saturated carbocycles. The maximum Gasteiger partial charge on any atom is 0.243 e. The van der Waals surface area contributed by atoms with E-state index in [2.05, 4.69) is 29.0 Å². The summed E-state index contributed by atoms with van der Waals surface area (Å²) in [7, 11) is 0. The van der Waals surface area contributed by atoms with Gasteiger partial charge in [0.15, 0.2) is 0 Å². The molecule has 2 aromatic rings. The van der Waals surface area contributed by atoms with Gasteiger partial charge in [-0.25, -0.2) is 4.98 Å². The van der Waals surface area contributed by atoms with Crippen molar-refractivity contribution in [2.75, 3.05) is 32.8 Å². The van der Waals surface area contributed by atoms with Gasteiger partial charge in [-0.15, -0.1) is 11.3 Å². The van der Waals surface area contributed by atoms with Crippen LogP contribution in [0.15, 0.2) is 23.7 Å². The number of nitrogens with one attached hydrogen (secondary N) is 1. The number of aromatic nitrogens is 1. The molecule has 1 aromatic heterocycles. The van der Waals surface area contributed by atoms with Crippen LogP contribution in [0.2, 0.25) is 0 Å². The normalized spacial score (nSPS) is 18.8. The summed E-state index contributed by atoms with van der Waals surface area (Å²) >= 11 is 1.59. The average molecular weight is 489 g/mol. The van der Waals surface area contributed by atoms with Gasteiger partial charge in [-0.1, -0.05) is 26.0 Å². The Bertz CT molecular complexity index is 966. The van der Waals surface area contributed by atoms with Crippen LogP contribution in [0.3, 0.4) is 0 Å². The topological polar surface area (TPSA) is 95.0 Å². The van der Waals surface area contributed by atoms with Crippen LogP contribution in [0.1, 0.15) is 50.9 Å². The number of hydrogen-bond donors (Lipinski definition) is 2. The third-order valence-electron chi connectivity index (χ3n) is 6.25. The molecule has 0 bridgehead atoms. The number of aliphatic hydroxyl groups is 1. The van der Waals surface area contributed by atoms with Gasteiger partial charge in [0, 0.05) is 25.1 Å². The summed E-state index contributed by atoms with van der Waals surface area (Å²) < 4.78 is 6.27. The molecule has 1 aliphatic rings. The van der Waals surface area contributed by atoms with Gasteiger partial charge in [-0.2, -0.15) is 0 Å². The molecule has 0 radical (unpaired) electrons. The van der Waals surface area contributed by atoms with E-state index in [9.17, 15) is 14.7 Å².